The molecule has 2 heterocycles. The van der Waals surface area contributed by atoms with Crippen LogP contribution >= 0.6 is 0 Å². The zero-order valence-electron chi connectivity index (χ0n) is 22.7. The Morgan fingerprint density at radius 3 is 2.18 bits per heavy atom. The Kier molecular flexibility index (Phi) is 8.07. The van der Waals surface area contributed by atoms with Crippen LogP contribution in [-0.4, -0.2) is 62.6 Å². The van der Waals surface area contributed by atoms with Crippen LogP contribution in [0.3, 0.4) is 0 Å². The maximum Gasteiger partial charge on any atom is 0.271 e. The van der Waals surface area contributed by atoms with Gasteiger partial charge in [-0.25, -0.2) is 20.8 Å². The van der Waals surface area contributed by atoms with E-state index in [4.69, 9.17) is 0 Å². The number of fused-ring (bicyclic) bond motifs is 1. The van der Waals surface area contributed by atoms with Gasteiger partial charge in [-0.2, -0.15) is 4.31 Å². The lowest BCUT2D eigenvalue weighted by molar-refractivity contribution is 0.0786. The van der Waals surface area contributed by atoms with Crippen molar-refractivity contribution < 1.29 is 21.6 Å². The van der Waals surface area contributed by atoms with Crippen LogP contribution in [0.4, 0.5) is 0 Å². The van der Waals surface area contributed by atoms with Crippen LogP contribution in [0.5, 0.6) is 0 Å². The van der Waals surface area contributed by atoms with Gasteiger partial charge in [0.25, 0.3) is 15.9 Å². The van der Waals surface area contributed by atoms with Crippen LogP contribution < -0.4 is 0 Å². The highest BCUT2D eigenvalue weighted by molar-refractivity contribution is 7.90. The zero-order chi connectivity index (χ0) is 27.8. The molecule has 0 bridgehead atoms. The molecule has 2 atom stereocenters. The van der Waals surface area contributed by atoms with E-state index in [1.807, 2.05) is 20.8 Å². The van der Waals surface area contributed by atoms with E-state index in [-0.39, 0.29) is 32.8 Å². The number of aromatic nitrogens is 1. The van der Waals surface area contributed by atoms with Crippen molar-refractivity contribution >= 4 is 36.9 Å². The van der Waals surface area contributed by atoms with Crippen LogP contribution in [0.25, 0.3) is 10.9 Å². The predicted octanol–water partition coefficient (Wildman–Crippen LogP) is 4.73. The lowest BCUT2D eigenvalue weighted by Gasteiger charge is -2.34. The van der Waals surface area contributed by atoms with Crippen molar-refractivity contribution in [3.8, 4) is 0 Å². The second-order valence-electron chi connectivity index (χ2n) is 10.6. The SMILES string of the molecule is CCCCN(C)C(=O)c1c(C)c2cc(S(=O)(=O)N3CC(C)CC(C)C3)ccc2n1S(=O)(=O)c1ccccc1. The van der Waals surface area contributed by atoms with Gasteiger partial charge in [0.2, 0.25) is 10.0 Å². The Morgan fingerprint density at radius 2 is 1.58 bits per heavy atom. The van der Waals surface area contributed by atoms with Gasteiger partial charge in [0.15, 0.2) is 0 Å². The molecule has 0 spiro atoms. The molecule has 4 rings (SSSR count). The van der Waals surface area contributed by atoms with E-state index in [1.54, 1.807) is 32.2 Å². The topological polar surface area (TPSA) is 96.8 Å². The normalized spacial score (nSPS) is 19.1. The molecule has 0 radical (unpaired) electrons. The summed E-state index contributed by atoms with van der Waals surface area (Å²) in [5.74, 6) is 0.0766. The number of unbranched alkanes of at least 4 members (excludes halogenated alkanes) is 1. The molecule has 1 fully saturated rings. The predicted molar refractivity (Wildman–Crippen MR) is 149 cm³/mol. The van der Waals surface area contributed by atoms with Gasteiger partial charge >= 0.3 is 0 Å². The van der Waals surface area contributed by atoms with E-state index >= 15 is 0 Å². The molecule has 10 heteroatoms. The number of sulfonamides is 1. The Bertz CT molecular complexity index is 1540. The summed E-state index contributed by atoms with van der Waals surface area (Å²) in [6, 6.07) is 12.4. The van der Waals surface area contributed by atoms with E-state index in [0.717, 1.165) is 23.2 Å². The minimum Gasteiger partial charge on any atom is -0.340 e. The number of rotatable bonds is 8. The summed E-state index contributed by atoms with van der Waals surface area (Å²) in [5, 5.41) is 0.427. The lowest BCUT2D eigenvalue weighted by Crippen LogP contribution is -2.42. The number of amides is 1. The standard InChI is InChI=1S/C28H37N3O5S2/c1-6-7-15-29(5)28(32)27-22(4)25-17-24(37(33,34)30-18-20(2)16-21(3)19-30)13-14-26(25)31(27)38(35,36)23-11-9-8-10-12-23/h8-14,17,20-21H,6-7,15-16,18-19H2,1-5H3. The summed E-state index contributed by atoms with van der Waals surface area (Å²) >= 11 is 0. The van der Waals surface area contributed by atoms with Crippen molar-refractivity contribution in [2.24, 2.45) is 11.8 Å². The van der Waals surface area contributed by atoms with Gasteiger partial charge in [-0.05, 0) is 67.5 Å². The molecule has 1 aliphatic rings. The minimum absolute atomic E-state index is 0.0252. The third kappa shape index (κ3) is 5.13. The van der Waals surface area contributed by atoms with Gasteiger partial charge < -0.3 is 4.90 Å². The fourth-order valence-corrected chi connectivity index (χ4v) is 8.67. The molecular weight excluding hydrogens is 522 g/mol. The molecule has 2 unspecified atom stereocenters. The first-order valence-corrected chi connectivity index (χ1v) is 16.0. The van der Waals surface area contributed by atoms with E-state index < -0.39 is 26.0 Å². The number of benzene rings is 2. The van der Waals surface area contributed by atoms with Crippen molar-refractivity contribution in [3.63, 3.8) is 0 Å². The van der Waals surface area contributed by atoms with Crippen LogP contribution in [0.15, 0.2) is 58.3 Å². The summed E-state index contributed by atoms with van der Waals surface area (Å²) in [5.41, 5.74) is 0.737. The maximum absolute atomic E-state index is 13.9. The van der Waals surface area contributed by atoms with E-state index in [9.17, 15) is 21.6 Å². The summed E-state index contributed by atoms with van der Waals surface area (Å²) in [6.07, 6.45) is 2.64. The van der Waals surface area contributed by atoms with E-state index in [0.29, 0.717) is 30.6 Å². The highest BCUT2D eigenvalue weighted by Gasteiger charge is 2.34. The molecule has 8 nitrogen and oxygen atoms in total. The number of carbonyl (C=O) groups excluding carboxylic acids is 1. The van der Waals surface area contributed by atoms with Crippen LogP contribution in [0, 0.1) is 18.8 Å². The largest absolute Gasteiger partial charge is 0.340 e. The average Bonchev–Trinajstić information content (AvgIpc) is 3.19. The van der Waals surface area contributed by atoms with Crippen LogP contribution in [0.1, 0.15) is 56.1 Å². The highest BCUT2D eigenvalue weighted by Crippen LogP contribution is 2.34. The molecule has 206 valence electrons. The van der Waals surface area contributed by atoms with Crippen molar-refractivity contribution in [2.75, 3.05) is 26.7 Å². The molecule has 0 saturated carbocycles. The number of hydrogen-bond donors (Lipinski definition) is 0. The van der Waals surface area contributed by atoms with Crippen molar-refractivity contribution in [1.29, 1.82) is 0 Å². The summed E-state index contributed by atoms with van der Waals surface area (Å²) in [4.78, 5) is 15.3. The van der Waals surface area contributed by atoms with Crippen LogP contribution in [-0.2, 0) is 20.0 Å². The highest BCUT2D eigenvalue weighted by atomic mass is 32.2. The first kappa shape index (κ1) is 28.3. The first-order valence-electron chi connectivity index (χ1n) is 13.1. The zero-order valence-corrected chi connectivity index (χ0v) is 24.3. The number of piperidine rings is 1. The van der Waals surface area contributed by atoms with Gasteiger partial charge in [0, 0.05) is 32.1 Å². The molecule has 0 N–H and O–H groups in total. The monoisotopic (exact) mass is 559 g/mol. The van der Waals surface area contributed by atoms with Crippen LogP contribution in [0.2, 0.25) is 0 Å². The molecule has 3 aromatic rings. The number of hydrogen-bond acceptors (Lipinski definition) is 5. The average molecular weight is 560 g/mol. The summed E-state index contributed by atoms with van der Waals surface area (Å²) in [6.45, 7) is 9.17. The van der Waals surface area contributed by atoms with Gasteiger partial charge in [-0.15, -0.1) is 0 Å². The molecule has 1 amide bonds. The second kappa shape index (κ2) is 10.8. The molecule has 1 aromatic heterocycles. The van der Waals surface area contributed by atoms with Gasteiger partial charge in [0.05, 0.1) is 15.3 Å². The fourth-order valence-electron chi connectivity index (χ4n) is 5.38. The van der Waals surface area contributed by atoms with Gasteiger partial charge in [-0.3, -0.25) is 4.79 Å². The fraction of sp³-hybridized carbons (Fsp3) is 0.464. The van der Waals surface area contributed by atoms with E-state index in [2.05, 4.69) is 0 Å². The maximum atomic E-state index is 13.9. The minimum atomic E-state index is -4.15. The number of carbonyl (C=O) groups is 1. The van der Waals surface area contributed by atoms with Gasteiger partial charge in [-0.1, -0.05) is 45.4 Å². The Hall–Kier alpha value is -2.69. The van der Waals surface area contributed by atoms with Gasteiger partial charge in [0.1, 0.15) is 5.69 Å². The third-order valence-electron chi connectivity index (χ3n) is 7.30. The smallest absolute Gasteiger partial charge is 0.271 e. The van der Waals surface area contributed by atoms with E-state index in [1.165, 1.54) is 39.5 Å². The van der Waals surface area contributed by atoms with Crippen molar-refractivity contribution in [3.05, 3.63) is 59.8 Å². The van der Waals surface area contributed by atoms with Crippen molar-refractivity contribution in [1.82, 2.24) is 13.2 Å². The summed E-state index contributed by atoms with van der Waals surface area (Å²) < 4.78 is 57.6. The third-order valence-corrected chi connectivity index (χ3v) is 10.9. The molecule has 38 heavy (non-hydrogen) atoms. The summed E-state index contributed by atoms with van der Waals surface area (Å²) in [7, 11) is -6.29. The number of aryl methyl sites for hydroxylation is 1. The number of nitrogens with zero attached hydrogens (tertiary/aromatic N) is 3. The first-order chi connectivity index (χ1) is 17.9. The lowest BCUT2D eigenvalue weighted by atomic mass is 9.94. The second-order valence-corrected chi connectivity index (χ2v) is 14.3. The molecular formula is C28H37N3O5S2. The quantitative estimate of drug-likeness (QED) is 0.398. The molecule has 1 aliphatic heterocycles. The Balaban J connectivity index is 1.92. The molecule has 2 aromatic carbocycles. The van der Waals surface area contributed by atoms with Crippen molar-refractivity contribution in [2.45, 2.75) is 56.7 Å². The Morgan fingerprint density at radius 1 is 0.947 bits per heavy atom. The molecule has 0 aliphatic carbocycles. The Labute approximate surface area is 226 Å². The molecule has 1 saturated heterocycles.